The van der Waals surface area contributed by atoms with Crippen molar-refractivity contribution in [3.63, 3.8) is 0 Å². The smallest absolute Gasteiger partial charge is 0.0576 e. The maximum atomic E-state index is 5.83. The molecule has 2 heterocycles. The Morgan fingerprint density at radius 3 is 2.21 bits per heavy atom. The Labute approximate surface area is 148 Å². The van der Waals surface area contributed by atoms with Crippen molar-refractivity contribution in [2.24, 2.45) is 11.8 Å². The average molecular weight is 335 g/mol. The fraction of sp³-hybridized carbons (Fsp3) is 1.00. The highest BCUT2D eigenvalue weighted by atomic mass is 16.5. The van der Waals surface area contributed by atoms with Crippen LogP contribution in [-0.4, -0.2) is 36.9 Å². The van der Waals surface area contributed by atoms with Crippen LogP contribution in [0.5, 0.6) is 0 Å². The second kappa shape index (κ2) is 8.05. The molecule has 5 unspecified atom stereocenters. The van der Waals surface area contributed by atoms with Crippen LogP contribution in [0, 0.1) is 11.8 Å². The van der Waals surface area contributed by atoms with E-state index in [0.717, 1.165) is 36.6 Å². The van der Waals surface area contributed by atoms with Crippen LogP contribution < -0.4 is 10.6 Å². The first kappa shape index (κ1) is 17.3. The van der Waals surface area contributed by atoms with E-state index in [9.17, 15) is 0 Å². The number of rotatable bonds is 5. The summed E-state index contributed by atoms with van der Waals surface area (Å²) in [6, 6.07) is 2.99. The number of ether oxygens (including phenoxy) is 1. The van der Waals surface area contributed by atoms with Crippen molar-refractivity contribution < 1.29 is 4.74 Å². The number of fused-ring (bicyclic) bond motifs is 2. The monoisotopic (exact) mass is 334 g/mol. The zero-order valence-electron chi connectivity index (χ0n) is 15.6. The molecule has 0 radical (unpaired) electrons. The Bertz CT molecular complexity index is 373. The number of hydrogen-bond acceptors (Lipinski definition) is 3. The molecule has 2 N–H and O–H groups in total. The Morgan fingerprint density at radius 2 is 1.58 bits per heavy atom. The van der Waals surface area contributed by atoms with Gasteiger partial charge in [-0.25, -0.2) is 0 Å². The predicted octanol–water partition coefficient (Wildman–Crippen LogP) is 4.01. The quantitative estimate of drug-likeness (QED) is 0.797. The van der Waals surface area contributed by atoms with Crippen molar-refractivity contribution in [3.8, 4) is 0 Å². The van der Waals surface area contributed by atoms with Gasteiger partial charge in [-0.1, -0.05) is 25.7 Å². The fourth-order valence-electron chi connectivity index (χ4n) is 6.15. The Hall–Kier alpha value is -0.120. The fourth-order valence-corrected chi connectivity index (χ4v) is 6.15. The van der Waals surface area contributed by atoms with Gasteiger partial charge in [-0.15, -0.1) is 0 Å². The van der Waals surface area contributed by atoms with Crippen molar-refractivity contribution in [3.05, 3.63) is 0 Å². The van der Waals surface area contributed by atoms with Crippen molar-refractivity contribution in [1.29, 1.82) is 0 Å². The van der Waals surface area contributed by atoms with E-state index >= 15 is 0 Å². The van der Waals surface area contributed by atoms with Gasteiger partial charge in [0.2, 0.25) is 0 Å². The summed E-state index contributed by atoms with van der Waals surface area (Å²) in [6.45, 7) is 3.42. The van der Waals surface area contributed by atoms with Crippen molar-refractivity contribution in [1.82, 2.24) is 10.6 Å². The minimum Gasteiger partial charge on any atom is -0.378 e. The molecule has 0 amide bonds. The average Bonchev–Trinajstić information content (AvgIpc) is 3.13. The Balaban J connectivity index is 1.37. The topological polar surface area (TPSA) is 33.3 Å². The van der Waals surface area contributed by atoms with Gasteiger partial charge in [-0.3, -0.25) is 0 Å². The summed E-state index contributed by atoms with van der Waals surface area (Å²) in [5.74, 6) is 1.76. The third-order valence-electron chi connectivity index (χ3n) is 7.41. The standard InChI is InChI=1S/C21H38N2O/c1-15(12-13-16-7-6-14-24-16)22-21-17-8-2-4-10-19(17)23-20-11-5-3-9-18(20)21/h15-23H,2-14H2,1H3/t15-,16?,17?,18?,19?,20?,21?/m0/s1. The van der Waals surface area contributed by atoms with Crippen molar-refractivity contribution in [2.45, 2.75) is 114 Å². The van der Waals surface area contributed by atoms with Crippen LogP contribution in [-0.2, 0) is 4.74 Å². The largest absolute Gasteiger partial charge is 0.378 e. The second-order valence-electron chi connectivity index (χ2n) is 9.08. The van der Waals surface area contributed by atoms with Gasteiger partial charge < -0.3 is 15.4 Å². The maximum Gasteiger partial charge on any atom is 0.0576 e. The van der Waals surface area contributed by atoms with E-state index in [0.29, 0.717) is 12.1 Å². The molecule has 0 spiro atoms. The Kier molecular flexibility index (Phi) is 5.81. The van der Waals surface area contributed by atoms with Crippen LogP contribution in [0.3, 0.4) is 0 Å². The van der Waals surface area contributed by atoms with Crippen LogP contribution in [0.4, 0.5) is 0 Å². The summed E-state index contributed by atoms with van der Waals surface area (Å²) in [5, 5.41) is 8.22. The summed E-state index contributed by atoms with van der Waals surface area (Å²) in [6.07, 6.45) is 17.1. The van der Waals surface area contributed by atoms with E-state index < -0.39 is 0 Å². The van der Waals surface area contributed by atoms with Gasteiger partial charge >= 0.3 is 0 Å². The minimum atomic E-state index is 0.548. The van der Waals surface area contributed by atoms with Crippen LogP contribution in [0.2, 0.25) is 0 Å². The van der Waals surface area contributed by atoms with Gasteiger partial charge in [-0.05, 0) is 70.1 Å². The molecule has 2 aliphatic carbocycles. The van der Waals surface area contributed by atoms with E-state index in [1.165, 1.54) is 77.0 Å². The molecule has 2 aliphatic heterocycles. The molecule has 0 bridgehead atoms. The van der Waals surface area contributed by atoms with Gasteiger partial charge in [0.05, 0.1) is 6.10 Å². The number of hydrogen-bond donors (Lipinski definition) is 2. The minimum absolute atomic E-state index is 0.548. The molecule has 6 atom stereocenters. The van der Waals surface area contributed by atoms with Gasteiger partial charge in [0.1, 0.15) is 0 Å². The molecule has 138 valence electrons. The van der Waals surface area contributed by atoms with Gasteiger partial charge in [0.15, 0.2) is 0 Å². The lowest BCUT2D eigenvalue weighted by atomic mass is 9.66. The predicted molar refractivity (Wildman–Crippen MR) is 99.2 cm³/mol. The molecule has 24 heavy (non-hydrogen) atoms. The first-order chi connectivity index (χ1) is 11.8. The summed E-state index contributed by atoms with van der Waals surface area (Å²) in [5.41, 5.74) is 0. The molecule has 0 aromatic carbocycles. The second-order valence-corrected chi connectivity index (χ2v) is 9.08. The van der Waals surface area contributed by atoms with E-state index in [1.54, 1.807) is 0 Å². The summed E-state index contributed by atoms with van der Waals surface area (Å²) in [4.78, 5) is 0. The first-order valence-corrected chi connectivity index (χ1v) is 10.9. The number of piperidine rings is 1. The van der Waals surface area contributed by atoms with E-state index in [-0.39, 0.29) is 0 Å². The van der Waals surface area contributed by atoms with Gasteiger partial charge in [0.25, 0.3) is 0 Å². The van der Waals surface area contributed by atoms with Crippen molar-refractivity contribution in [2.75, 3.05) is 6.61 Å². The van der Waals surface area contributed by atoms with E-state index in [1.807, 2.05) is 0 Å². The van der Waals surface area contributed by atoms with Crippen LogP contribution in [0.1, 0.15) is 84.0 Å². The van der Waals surface area contributed by atoms with Gasteiger partial charge in [-0.2, -0.15) is 0 Å². The molecule has 2 saturated carbocycles. The first-order valence-electron chi connectivity index (χ1n) is 10.9. The lowest BCUT2D eigenvalue weighted by molar-refractivity contribution is 0.0447. The normalized spacial score (nSPS) is 43.9. The SMILES string of the molecule is C[C@@H](CCC1CCCO1)NC1C2CCCCC2NC2CCCCC21. The maximum absolute atomic E-state index is 5.83. The third kappa shape index (κ3) is 3.83. The number of nitrogens with one attached hydrogen (secondary N) is 2. The highest BCUT2D eigenvalue weighted by Crippen LogP contribution is 2.41. The highest BCUT2D eigenvalue weighted by molar-refractivity contribution is 5.03. The zero-order chi connectivity index (χ0) is 16.4. The molecular weight excluding hydrogens is 296 g/mol. The summed E-state index contributed by atoms with van der Waals surface area (Å²) < 4.78 is 5.83. The molecule has 0 aromatic heterocycles. The summed E-state index contributed by atoms with van der Waals surface area (Å²) in [7, 11) is 0. The molecule has 4 fully saturated rings. The van der Waals surface area contributed by atoms with Crippen molar-refractivity contribution >= 4 is 0 Å². The third-order valence-corrected chi connectivity index (χ3v) is 7.41. The Morgan fingerprint density at radius 1 is 0.917 bits per heavy atom. The van der Waals surface area contributed by atoms with Gasteiger partial charge in [0, 0.05) is 30.8 Å². The summed E-state index contributed by atoms with van der Waals surface area (Å²) >= 11 is 0. The molecule has 2 saturated heterocycles. The van der Waals surface area contributed by atoms with Crippen LogP contribution in [0.15, 0.2) is 0 Å². The highest BCUT2D eigenvalue weighted by Gasteiger charge is 2.45. The van der Waals surface area contributed by atoms with E-state index in [2.05, 4.69) is 17.6 Å². The zero-order valence-corrected chi connectivity index (χ0v) is 15.6. The van der Waals surface area contributed by atoms with E-state index in [4.69, 9.17) is 4.74 Å². The lowest BCUT2D eigenvalue weighted by Gasteiger charge is -2.53. The molecule has 4 rings (SSSR count). The molecule has 4 aliphatic rings. The van der Waals surface area contributed by atoms with Crippen LogP contribution in [0.25, 0.3) is 0 Å². The van der Waals surface area contributed by atoms with Crippen LogP contribution >= 0.6 is 0 Å². The lowest BCUT2D eigenvalue weighted by Crippen LogP contribution is -2.65. The molecule has 3 nitrogen and oxygen atoms in total. The molecule has 0 aromatic rings. The molecular formula is C21H38N2O. The molecule has 3 heteroatoms.